The second-order valence-corrected chi connectivity index (χ2v) is 4.99. The highest BCUT2D eigenvalue weighted by Gasteiger charge is 2.21. The Morgan fingerprint density at radius 1 is 1.28 bits per heavy atom. The van der Waals surface area contributed by atoms with Crippen molar-refractivity contribution in [2.75, 3.05) is 26.7 Å². The predicted molar refractivity (Wildman–Crippen MR) is 71.3 cm³/mol. The van der Waals surface area contributed by atoms with Gasteiger partial charge < -0.3 is 4.74 Å². The lowest BCUT2D eigenvalue weighted by Crippen LogP contribution is -2.38. The zero-order chi connectivity index (χ0) is 12.8. The molecule has 0 radical (unpaired) electrons. The van der Waals surface area contributed by atoms with Crippen molar-refractivity contribution in [1.29, 1.82) is 0 Å². The van der Waals surface area contributed by atoms with Gasteiger partial charge in [0.2, 0.25) is 0 Å². The minimum absolute atomic E-state index is 0.128. The molecular weight excluding hydrogens is 226 g/mol. The molecule has 0 saturated carbocycles. The molecule has 0 N–H and O–H groups in total. The summed E-state index contributed by atoms with van der Waals surface area (Å²) < 4.78 is 4.69. The van der Waals surface area contributed by atoms with Crippen molar-refractivity contribution in [3.05, 3.63) is 35.9 Å². The first-order chi connectivity index (χ1) is 8.78. The van der Waals surface area contributed by atoms with Gasteiger partial charge in [0.1, 0.15) is 0 Å². The van der Waals surface area contributed by atoms with Gasteiger partial charge in [0.05, 0.1) is 13.7 Å². The number of nitrogens with zero attached hydrogens (tertiary/aromatic N) is 1. The minimum Gasteiger partial charge on any atom is -0.468 e. The van der Waals surface area contributed by atoms with E-state index in [1.807, 2.05) is 0 Å². The van der Waals surface area contributed by atoms with Gasteiger partial charge in [-0.3, -0.25) is 9.69 Å². The van der Waals surface area contributed by atoms with Crippen molar-refractivity contribution < 1.29 is 9.53 Å². The largest absolute Gasteiger partial charge is 0.468 e. The van der Waals surface area contributed by atoms with Crippen LogP contribution < -0.4 is 0 Å². The molecule has 0 amide bonds. The van der Waals surface area contributed by atoms with E-state index < -0.39 is 0 Å². The van der Waals surface area contributed by atoms with Gasteiger partial charge in [-0.2, -0.15) is 0 Å². The molecule has 0 spiro atoms. The Morgan fingerprint density at radius 2 is 1.94 bits per heavy atom. The van der Waals surface area contributed by atoms with Crippen LogP contribution in [0.4, 0.5) is 0 Å². The molecule has 18 heavy (non-hydrogen) atoms. The molecule has 2 rings (SSSR count). The van der Waals surface area contributed by atoms with Crippen molar-refractivity contribution in [2.24, 2.45) is 5.92 Å². The van der Waals surface area contributed by atoms with Crippen LogP contribution >= 0.6 is 0 Å². The molecule has 1 aliphatic rings. The molecule has 0 aliphatic carbocycles. The van der Waals surface area contributed by atoms with Crippen molar-refractivity contribution in [3.8, 4) is 0 Å². The number of likely N-dealkylation sites (tertiary alicyclic amines) is 1. The SMILES string of the molecule is COC(=O)CN1CCC(Cc2ccccc2)CC1. The van der Waals surface area contributed by atoms with E-state index in [0.717, 1.165) is 25.4 Å². The molecule has 0 bridgehead atoms. The highest BCUT2D eigenvalue weighted by Crippen LogP contribution is 2.21. The first-order valence-corrected chi connectivity index (χ1v) is 6.61. The third-order valence-electron chi connectivity index (χ3n) is 3.65. The molecule has 1 heterocycles. The monoisotopic (exact) mass is 247 g/mol. The summed E-state index contributed by atoms with van der Waals surface area (Å²) in [7, 11) is 1.45. The second-order valence-electron chi connectivity index (χ2n) is 4.99. The van der Waals surface area contributed by atoms with E-state index in [4.69, 9.17) is 4.74 Å². The van der Waals surface area contributed by atoms with Gasteiger partial charge in [-0.15, -0.1) is 0 Å². The van der Waals surface area contributed by atoms with Gasteiger partial charge in [0, 0.05) is 0 Å². The number of carbonyl (C=O) groups is 1. The van der Waals surface area contributed by atoms with Crippen LogP contribution in [-0.4, -0.2) is 37.6 Å². The lowest BCUT2D eigenvalue weighted by Gasteiger charge is -2.31. The second kappa shape index (κ2) is 6.55. The molecule has 1 saturated heterocycles. The van der Waals surface area contributed by atoms with Crippen LogP contribution in [0, 0.1) is 5.92 Å². The molecule has 0 atom stereocenters. The van der Waals surface area contributed by atoms with Crippen LogP contribution in [0.5, 0.6) is 0 Å². The number of rotatable bonds is 4. The Balaban J connectivity index is 1.75. The maximum atomic E-state index is 11.2. The topological polar surface area (TPSA) is 29.5 Å². The van der Waals surface area contributed by atoms with E-state index in [1.165, 1.54) is 25.5 Å². The Bertz CT molecular complexity index is 369. The van der Waals surface area contributed by atoms with E-state index in [0.29, 0.717) is 6.54 Å². The summed E-state index contributed by atoms with van der Waals surface area (Å²) in [5, 5.41) is 0. The molecule has 98 valence electrons. The summed E-state index contributed by atoms with van der Waals surface area (Å²) >= 11 is 0. The number of carbonyl (C=O) groups excluding carboxylic acids is 1. The van der Waals surface area contributed by atoms with E-state index in [1.54, 1.807) is 0 Å². The summed E-state index contributed by atoms with van der Waals surface area (Å²) in [6.07, 6.45) is 3.50. The third kappa shape index (κ3) is 3.84. The number of ether oxygens (including phenoxy) is 1. The number of methoxy groups -OCH3 is 1. The molecule has 1 aromatic rings. The van der Waals surface area contributed by atoms with E-state index >= 15 is 0 Å². The Hall–Kier alpha value is -1.35. The zero-order valence-corrected chi connectivity index (χ0v) is 11.0. The molecule has 1 aromatic carbocycles. The average molecular weight is 247 g/mol. The smallest absolute Gasteiger partial charge is 0.319 e. The molecule has 3 nitrogen and oxygen atoms in total. The third-order valence-corrected chi connectivity index (χ3v) is 3.65. The lowest BCUT2D eigenvalue weighted by atomic mass is 9.90. The summed E-state index contributed by atoms with van der Waals surface area (Å²) in [6.45, 7) is 2.45. The van der Waals surface area contributed by atoms with Crippen molar-refractivity contribution in [3.63, 3.8) is 0 Å². The summed E-state index contributed by atoms with van der Waals surface area (Å²) in [4.78, 5) is 13.4. The van der Waals surface area contributed by atoms with Crippen molar-refractivity contribution >= 4 is 5.97 Å². The van der Waals surface area contributed by atoms with E-state index in [2.05, 4.69) is 35.2 Å². The Morgan fingerprint density at radius 3 is 2.56 bits per heavy atom. The predicted octanol–water partition coefficient (Wildman–Crippen LogP) is 2.11. The molecule has 1 fully saturated rings. The summed E-state index contributed by atoms with van der Waals surface area (Å²) in [5.74, 6) is 0.623. The van der Waals surface area contributed by atoms with Crippen LogP contribution in [0.1, 0.15) is 18.4 Å². The number of piperidine rings is 1. The fourth-order valence-electron chi connectivity index (χ4n) is 2.54. The number of hydrogen-bond donors (Lipinski definition) is 0. The average Bonchev–Trinajstić information content (AvgIpc) is 2.42. The van der Waals surface area contributed by atoms with E-state index in [9.17, 15) is 4.79 Å². The fourth-order valence-corrected chi connectivity index (χ4v) is 2.54. The van der Waals surface area contributed by atoms with Gasteiger partial charge in [0.25, 0.3) is 0 Å². The molecular formula is C15H21NO2. The number of hydrogen-bond acceptors (Lipinski definition) is 3. The quantitative estimate of drug-likeness (QED) is 0.763. The summed E-state index contributed by atoms with van der Waals surface area (Å²) in [6, 6.07) is 10.6. The van der Waals surface area contributed by atoms with Crippen LogP contribution in [0.3, 0.4) is 0 Å². The van der Waals surface area contributed by atoms with Crippen molar-refractivity contribution in [2.45, 2.75) is 19.3 Å². The van der Waals surface area contributed by atoms with Crippen LogP contribution in [0.25, 0.3) is 0 Å². The van der Waals surface area contributed by atoms with Crippen LogP contribution in [0.2, 0.25) is 0 Å². The van der Waals surface area contributed by atoms with Crippen LogP contribution in [0.15, 0.2) is 30.3 Å². The maximum Gasteiger partial charge on any atom is 0.319 e. The zero-order valence-electron chi connectivity index (χ0n) is 11.0. The molecule has 3 heteroatoms. The van der Waals surface area contributed by atoms with Crippen molar-refractivity contribution in [1.82, 2.24) is 4.90 Å². The lowest BCUT2D eigenvalue weighted by molar-refractivity contribution is -0.142. The summed E-state index contributed by atoms with van der Waals surface area (Å²) in [5.41, 5.74) is 1.42. The van der Waals surface area contributed by atoms with Gasteiger partial charge in [-0.1, -0.05) is 30.3 Å². The van der Waals surface area contributed by atoms with Gasteiger partial charge in [-0.25, -0.2) is 0 Å². The van der Waals surface area contributed by atoms with Gasteiger partial charge >= 0.3 is 5.97 Å². The number of esters is 1. The Kier molecular flexibility index (Phi) is 4.76. The normalized spacial score (nSPS) is 17.6. The minimum atomic E-state index is -0.128. The molecule has 1 aliphatic heterocycles. The molecule has 0 unspecified atom stereocenters. The van der Waals surface area contributed by atoms with Gasteiger partial charge in [0.15, 0.2) is 0 Å². The number of benzene rings is 1. The maximum absolute atomic E-state index is 11.2. The highest BCUT2D eigenvalue weighted by molar-refractivity contribution is 5.71. The standard InChI is InChI=1S/C15H21NO2/c1-18-15(17)12-16-9-7-14(8-10-16)11-13-5-3-2-4-6-13/h2-6,14H,7-12H2,1H3. The van der Waals surface area contributed by atoms with Gasteiger partial charge in [-0.05, 0) is 43.8 Å². The fraction of sp³-hybridized carbons (Fsp3) is 0.533. The first kappa shape index (κ1) is 13.1. The Labute approximate surface area is 109 Å². The van der Waals surface area contributed by atoms with Crippen LogP contribution in [-0.2, 0) is 16.0 Å². The highest BCUT2D eigenvalue weighted by atomic mass is 16.5. The first-order valence-electron chi connectivity index (χ1n) is 6.61. The molecule has 0 aromatic heterocycles. The van der Waals surface area contributed by atoms with E-state index in [-0.39, 0.29) is 5.97 Å².